The summed E-state index contributed by atoms with van der Waals surface area (Å²) in [7, 11) is 0. The molecule has 0 aliphatic heterocycles. The van der Waals surface area contributed by atoms with Crippen molar-refractivity contribution in [3.63, 3.8) is 0 Å². The number of rotatable bonds is 9. The van der Waals surface area contributed by atoms with Crippen LogP contribution in [0.25, 0.3) is 0 Å². The molecule has 0 spiro atoms. The monoisotopic (exact) mass is 471 g/mol. The lowest BCUT2D eigenvalue weighted by Gasteiger charge is -2.34. The Hall–Kier alpha value is -3.67. The highest BCUT2D eigenvalue weighted by molar-refractivity contribution is 5.96. The van der Waals surface area contributed by atoms with E-state index in [0.29, 0.717) is 23.6 Å². The van der Waals surface area contributed by atoms with E-state index < -0.39 is 6.04 Å². The van der Waals surface area contributed by atoms with E-state index in [1.165, 1.54) is 6.42 Å². The van der Waals surface area contributed by atoms with Crippen LogP contribution in [0.4, 0.5) is 0 Å². The summed E-state index contributed by atoms with van der Waals surface area (Å²) in [5.41, 5.74) is 1.90. The topological polar surface area (TPSA) is 71.5 Å². The molecule has 1 fully saturated rings. The molecule has 0 bridgehead atoms. The summed E-state index contributed by atoms with van der Waals surface area (Å²) in [6.07, 6.45) is 6.91. The van der Waals surface area contributed by atoms with Crippen molar-refractivity contribution in [1.82, 2.24) is 15.2 Å². The molecule has 2 amide bonds. The van der Waals surface area contributed by atoms with Crippen molar-refractivity contribution in [3.05, 3.63) is 95.8 Å². The number of ether oxygens (including phenoxy) is 1. The van der Waals surface area contributed by atoms with Crippen LogP contribution in [0.5, 0.6) is 5.75 Å². The predicted octanol–water partition coefficient (Wildman–Crippen LogP) is 5.31. The van der Waals surface area contributed by atoms with Crippen LogP contribution in [-0.2, 0) is 11.3 Å². The maximum absolute atomic E-state index is 14.0. The first-order valence-electron chi connectivity index (χ1n) is 12.5. The third-order valence-electron chi connectivity index (χ3n) is 6.37. The molecule has 1 atom stereocenters. The zero-order valence-electron chi connectivity index (χ0n) is 20.2. The second-order valence-electron chi connectivity index (χ2n) is 8.85. The molecule has 0 unspecified atom stereocenters. The number of hydrogen-bond donors (Lipinski definition) is 1. The first-order chi connectivity index (χ1) is 17.2. The Kier molecular flexibility index (Phi) is 8.49. The van der Waals surface area contributed by atoms with E-state index in [-0.39, 0.29) is 24.4 Å². The van der Waals surface area contributed by atoms with E-state index in [1.807, 2.05) is 61.5 Å². The molecule has 6 heteroatoms. The summed E-state index contributed by atoms with van der Waals surface area (Å²) in [4.78, 5) is 33.7. The van der Waals surface area contributed by atoms with Gasteiger partial charge in [-0.3, -0.25) is 14.6 Å². The zero-order chi connectivity index (χ0) is 24.5. The van der Waals surface area contributed by atoms with Crippen LogP contribution in [0.15, 0.2) is 79.0 Å². The van der Waals surface area contributed by atoms with Gasteiger partial charge in [-0.2, -0.15) is 0 Å². The number of carbonyl (C=O) groups excluding carboxylic acids is 2. The average Bonchev–Trinajstić information content (AvgIpc) is 2.90. The zero-order valence-corrected chi connectivity index (χ0v) is 20.2. The van der Waals surface area contributed by atoms with E-state index in [1.54, 1.807) is 29.3 Å². The number of nitrogens with one attached hydrogen (secondary N) is 1. The van der Waals surface area contributed by atoms with Gasteiger partial charge in [0.25, 0.3) is 5.91 Å². The fourth-order valence-electron chi connectivity index (χ4n) is 4.67. The molecule has 3 aromatic rings. The van der Waals surface area contributed by atoms with E-state index in [2.05, 4.69) is 10.3 Å². The van der Waals surface area contributed by atoms with Gasteiger partial charge < -0.3 is 15.0 Å². The molecule has 1 saturated carbocycles. The summed E-state index contributed by atoms with van der Waals surface area (Å²) in [5, 5.41) is 3.25. The highest BCUT2D eigenvalue weighted by Gasteiger charge is 2.35. The molecule has 6 nitrogen and oxygen atoms in total. The van der Waals surface area contributed by atoms with Crippen LogP contribution < -0.4 is 10.1 Å². The van der Waals surface area contributed by atoms with E-state index in [0.717, 1.165) is 31.2 Å². The molecular formula is C29H33N3O3. The predicted molar refractivity (Wildman–Crippen MR) is 136 cm³/mol. The lowest BCUT2D eigenvalue weighted by molar-refractivity contribution is -0.127. The van der Waals surface area contributed by atoms with E-state index >= 15 is 0 Å². The highest BCUT2D eigenvalue weighted by atomic mass is 16.5. The van der Waals surface area contributed by atoms with Crippen molar-refractivity contribution in [2.75, 3.05) is 6.61 Å². The number of hydrogen-bond acceptors (Lipinski definition) is 4. The van der Waals surface area contributed by atoms with Crippen molar-refractivity contribution in [1.29, 1.82) is 0 Å². The fourth-order valence-corrected chi connectivity index (χ4v) is 4.67. The molecule has 35 heavy (non-hydrogen) atoms. The minimum atomic E-state index is -0.866. The van der Waals surface area contributed by atoms with Crippen molar-refractivity contribution in [3.8, 4) is 5.75 Å². The third-order valence-corrected chi connectivity index (χ3v) is 6.37. The number of carbonyl (C=O) groups is 2. The molecule has 2 aromatic carbocycles. The van der Waals surface area contributed by atoms with Crippen molar-refractivity contribution in [2.24, 2.45) is 0 Å². The molecule has 0 saturated heterocycles. The summed E-state index contributed by atoms with van der Waals surface area (Å²) in [6, 6.07) is 21.7. The molecule has 1 heterocycles. The lowest BCUT2D eigenvalue weighted by Crippen LogP contribution is -2.47. The molecule has 1 aliphatic rings. The second kappa shape index (κ2) is 12.2. The van der Waals surface area contributed by atoms with Gasteiger partial charge in [-0.05, 0) is 43.5 Å². The minimum absolute atomic E-state index is 0.113. The van der Waals surface area contributed by atoms with Crippen LogP contribution in [0.1, 0.15) is 66.7 Å². The Morgan fingerprint density at radius 1 is 0.971 bits per heavy atom. The van der Waals surface area contributed by atoms with Gasteiger partial charge in [-0.1, -0.05) is 73.9 Å². The van der Waals surface area contributed by atoms with Crippen molar-refractivity contribution < 1.29 is 14.3 Å². The first-order valence-corrected chi connectivity index (χ1v) is 12.5. The number of pyridine rings is 1. The van der Waals surface area contributed by atoms with Gasteiger partial charge in [0.15, 0.2) is 0 Å². The third kappa shape index (κ3) is 6.27. The average molecular weight is 472 g/mol. The molecule has 4 rings (SSSR count). The molecular weight excluding hydrogens is 438 g/mol. The Morgan fingerprint density at radius 3 is 2.40 bits per heavy atom. The second-order valence-corrected chi connectivity index (χ2v) is 8.85. The van der Waals surface area contributed by atoms with Gasteiger partial charge >= 0.3 is 0 Å². The molecule has 1 N–H and O–H groups in total. The van der Waals surface area contributed by atoms with Gasteiger partial charge in [0.05, 0.1) is 6.61 Å². The Balaban J connectivity index is 1.78. The first kappa shape index (κ1) is 24.5. The molecule has 1 aromatic heterocycles. The number of benzene rings is 2. The van der Waals surface area contributed by atoms with Crippen LogP contribution in [0, 0.1) is 0 Å². The Labute approximate surface area is 207 Å². The number of aromatic nitrogens is 1. The number of para-hydroxylation sites is 1. The van der Waals surface area contributed by atoms with Gasteiger partial charge in [0.2, 0.25) is 5.91 Å². The van der Waals surface area contributed by atoms with Gasteiger partial charge in [-0.25, -0.2) is 0 Å². The van der Waals surface area contributed by atoms with E-state index in [9.17, 15) is 9.59 Å². The summed E-state index contributed by atoms with van der Waals surface area (Å²) < 4.78 is 5.91. The van der Waals surface area contributed by atoms with Crippen molar-refractivity contribution >= 4 is 11.8 Å². The van der Waals surface area contributed by atoms with Crippen molar-refractivity contribution in [2.45, 2.75) is 57.7 Å². The Bertz CT molecular complexity index is 1100. The largest absolute Gasteiger partial charge is 0.494 e. The maximum atomic E-state index is 14.0. The normalized spacial score (nSPS) is 14.7. The smallest absolute Gasteiger partial charge is 0.273 e. The number of amides is 2. The van der Waals surface area contributed by atoms with Crippen LogP contribution >= 0.6 is 0 Å². The fraction of sp³-hybridized carbons (Fsp3) is 0.345. The summed E-state index contributed by atoms with van der Waals surface area (Å²) in [5.74, 6) is 0.111. The quantitative estimate of drug-likeness (QED) is 0.459. The van der Waals surface area contributed by atoms with Gasteiger partial charge in [-0.15, -0.1) is 0 Å². The summed E-state index contributed by atoms with van der Waals surface area (Å²) >= 11 is 0. The summed E-state index contributed by atoms with van der Waals surface area (Å²) in [6.45, 7) is 2.63. The van der Waals surface area contributed by atoms with Gasteiger partial charge in [0, 0.05) is 24.3 Å². The molecule has 182 valence electrons. The lowest BCUT2D eigenvalue weighted by atomic mass is 9.94. The van der Waals surface area contributed by atoms with Crippen LogP contribution in [-0.4, -0.2) is 34.3 Å². The highest BCUT2D eigenvalue weighted by Crippen LogP contribution is 2.33. The van der Waals surface area contributed by atoms with Crippen LogP contribution in [0.2, 0.25) is 0 Å². The van der Waals surface area contributed by atoms with E-state index in [4.69, 9.17) is 4.74 Å². The maximum Gasteiger partial charge on any atom is 0.273 e. The SMILES string of the molecule is CCOc1ccccc1[C@H](C(=O)NC1CCCCC1)N(Cc1ccccc1)C(=O)c1ccccn1. The molecule has 1 aliphatic carbocycles. The van der Waals surface area contributed by atoms with Gasteiger partial charge in [0.1, 0.15) is 17.5 Å². The molecule has 0 radical (unpaired) electrons. The number of nitrogens with zero attached hydrogens (tertiary/aromatic N) is 2. The Morgan fingerprint density at radius 2 is 1.69 bits per heavy atom. The minimum Gasteiger partial charge on any atom is -0.494 e. The standard InChI is InChI=1S/C29H33N3O3/c1-2-35-26-19-10-9-17-24(26)27(28(33)31-23-15-7-4-8-16-23)32(21-22-13-5-3-6-14-22)29(34)25-18-11-12-20-30-25/h3,5-6,9-14,17-20,23,27H,2,4,7-8,15-16,21H2,1H3,(H,31,33)/t27-/m1/s1. The van der Waals surface area contributed by atoms with Crippen LogP contribution in [0.3, 0.4) is 0 Å².